The number of nitrogens with two attached hydrogens (primary N) is 1. The van der Waals surface area contributed by atoms with Crippen LogP contribution in [0.15, 0.2) is 23.1 Å². The van der Waals surface area contributed by atoms with Gasteiger partial charge in [0.2, 0.25) is 10.0 Å². The minimum Gasteiger partial charge on any atom is -0.396 e. The predicted molar refractivity (Wildman–Crippen MR) is 69.5 cm³/mol. The molecule has 0 spiro atoms. The van der Waals surface area contributed by atoms with Gasteiger partial charge in [0, 0.05) is 13.2 Å². The topological polar surface area (TPSA) is 81.4 Å². The largest absolute Gasteiger partial charge is 0.396 e. The Morgan fingerprint density at radius 3 is 2.79 bits per heavy atom. The number of halogens is 1. The van der Waals surface area contributed by atoms with Gasteiger partial charge in [0.25, 0.3) is 0 Å². The van der Waals surface area contributed by atoms with Crippen molar-refractivity contribution in [3.8, 4) is 0 Å². The Hall–Kier alpha value is -1.18. The van der Waals surface area contributed by atoms with E-state index in [2.05, 4.69) is 4.72 Å². The molecule has 1 aliphatic carbocycles. The highest BCUT2D eigenvalue weighted by Crippen LogP contribution is 2.28. The summed E-state index contributed by atoms with van der Waals surface area (Å²) in [6.07, 6.45) is 2.38. The van der Waals surface area contributed by atoms with Crippen molar-refractivity contribution in [3.63, 3.8) is 0 Å². The van der Waals surface area contributed by atoms with Gasteiger partial charge >= 0.3 is 0 Å². The van der Waals surface area contributed by atoms with Crippen LogP contribution in [0.5, 0.6) is 0 Å². The van der Waals surface area contributed by atoms with Crippen molar-refractivity contribution < 1.29 is 17.5 Å². The van der Waals surface area contributed by atoms with Gasteiger partial charge in [0.1, 0.15) is 5.82 Å². The molecular formula is C12H17FN2O3S. The third-order valence-electron chi connectivity index (χ3n) is 2.87. The number of hydrogen-bond acceptors (Lipinski definition) is 4. The monoisotopic (exact) mass is 288 g/mol. The molecule has 2 rings (SSSR count). The number of anilines is 1. The summed E-state index contributed by atoms with van der Waals surface area (Å²) in [6.45, 7) is 1.16. The van der Waals surface area contributed by atoms with Gasteiger partial charge in [-0.15, -0.1) is 0 Å². The first-order valence-corrected chi connectivity index (χ1v) is 7.60. The third-order valence-corrected chi connectivity index (χ3v) is 4.33. The molecule has 0 aliphatic heterocycles. The number of rotatable bonds is 7. The molecule has 1 aliphatic rings. The molecule has 0 heterocycles. The fraction of sp³-hybridized carbons (Fsp3) is 0.500. The molecular weight excluding hydrogens is 271 g/mol. The number of sulfonamides is 1. The highest BCUT2D eigenvalue weighted by Gasteiger charge is 2.21. The SMILES string of the molecule is Nc1ccc(S(=O)(=O)NCCOCC2CC2)cc1F. The summed E-state index contributed by atoms with van der Waals surface area (Å²) in [5, 5.41) is 0. The van der Waals surface area contributed by atoms with Crippen LogP contribution in [0.25, 0.3) is 0 Å². The van der Waals surface area contributed by atoms with E-state index in [0.717, 1.165) is 6.07 Å². The molecule has 106 valence electrons. The maximum Gasteiger partial charge on any atom is 0.240 e. The van der Waals surface area contributed by atoms with Crippen LogP contribution in [0.2, 0.25) is 0 Å². The van der Waals surface area contributed by atoms with Gasteiger partial charge in [0.05, 0.1) is 17.2 Å². The molecule has 0 atom stereocenters. The first kappa shape index (κ1) is 14.2. The Bertz CT molecular complexity index is 544. The molecule has 1 aromatic rings. The number of nitrogens with one attached hydrogen (secondary N) is 1. The van der Waals surface area contributed by atoms with Gasteiger partial charge in [-0.05, 0) is 37.0 Å². The van der Waals surface area contributed by atoms with E-state index >= 15 is 0 Å². The van der Waals surface area contributed by atoms with Crippen LogP contribution in [-0.2, 0) is 14.8 Å². The second-order valence-electron chi connectivity index (χ2n) is 4.60. The van der Waals surface area contributed by atoms with Crippen LogP contribution in [0.4, 0.5) is 10.1 Å². The first-order chi connectivity index (χ1) is 8.99. The van der Waals surface area contributed by atoms with Gasteiger partial charge in [0.15, 0.2) is 0 Å². The Morgan fingerprint density at radius 2 is 2.16 bits per heavy atom. The molecule has 0 radical (unpaired) electrons. The highest BCUT2D eigenvalue weighted by molar-refractivity contribution is 7.89. The lowest BCUT2D eigenvalue weighted by atomic mass is 10.3. The Balaban J connectivity index is 1.84. The lowest BCUT2D eigenvalue weighted by Crippen LogP contribution is -2.27. The standard InChI is InChI=1S/C12H17FN2O3S/c13-11-7-10(3-4-12(11)14)19(16,17)15-5-6-18-8-9-1-2-9/h3-4,7,9,15H,1-2,5-6,8,14H2. The van der Waals surface area contributed by atoms with Crippen LogP contribution < -0.4 is 10.5 Å². The van der Waals surface area contributed by atoms with Gasteiger partial charge in [-0.25, -0.2) is 17.5 Å². The van der Waals surface area contributed by atoms with Crippen LogP contribution in [0, 0.1) is 11.7 Å². The summed E-state index contributed by atoms with van der Waals surface area (Å²) in [5.74, 6) is -0.101. The number of ether oxygens (including phenoxy) is 1. The van der Waals surface area contributed by atoms with E-state index in [1.54, 1.807) is 0 Å². The molecule has 0 bridgehead atoms. The zero-order chi connectivity index (χ0) is 13.9. The lowest BCUT2D eigenvalue weighted by Gasteiger charge is -2.08. The molecule has 0 unspecified atom stereocenters. The number of nitrogen functional groups attached to an aromatic ring is 1. The number of benzene rings is 1. The lowest BCUT2D eigenvalue weighted by molar-refractivity contribution is 0.129. The predicted octanol–water partition coefficient (Wildman–Crippen LogP) is 1.11. The molecule has 19 heavy (non-hydrogen) atoms. The average Bonchev–Trinajstić information content (AvgIpc) is 3.16. The Kier molecular flexibility index (Phi) is 4.38. The molecule has 3 N–H and O–H groups in total. The average molecular weight is 288 g/mol. The van der Waals surface area contributed by atoms with Gasteiger partial charge < -0.3 is 10.5 Å². The van der Waals surface area contributed by atoms with Crippen LogP contribution >= 0.6 is 0 Å². The number of hydrogen-bond donors (Lipinski definition) is 2. The summed E-state index contributed by atoms with van der Waals surface area (Å²) < 4.78 is 44.5. The van der Waals surface area contributed by atoms with Crippen LogP contribution in [-0.4, -0.2) is 28.2 Å². The Labute approximate surface area is 112 Å². The molecule has 7 heteroatoms. The van der Waals surface area contributed by atoms with Crippen molar-refractivity contribution in [1.82, 2.24) is 4.72 Å². The quantitative estimate of drug-likeness (QED) is 0.582. The second-order valence-corrected chi connectivity index (χ2v) is 6.37. The minimum atomic E-state index is -3.71. The second kappa shape index (κ2) is 5.85. The van der Waals surface area contributed by atoms with Gasteiger partial charge in [-0.3, -0.25) is 0 Å². The van der Waals surface area contributed by atoms with Gasteiger partial charge in [-0.2, -0.15) is 0 Å². The fourth-order valence-electron chi connectivity index (χ4n) is 1.54. The summed E-state index contributed by atoms with van der Waals surface area (Å²) in [5.41, 5.74) is 5.22. The summed E-state index contributed by atoms with van der Waals surface area (Å²) in [4.78, 5) is -0.138. The summed E-state index contributed by atoms with van der Waals surface area (Å²) >= 11 is 0. The minimum absolute atomic E-state index is 0.0771. The van der Waals surface area contributed by atoms with Gasteiger partial charge in [-0.1, -0.05) is 0 Å². The van der Waals surface area contributed by atoms with E-state index in [4.69, 9.17) is 10.5 Å². The molecule has 0 saturated heterocycles. The molecule has 1 aromatic carbocycles. The van der Waals surface area contributed by atoms with Crippen molar-refractivity contribution >= 4 is 15.7 Å². The third kappa shape index (κ3) is 4.15. The zero-order valence-electron chi connectivity index (χ0n) is 10.4. The highest BCUT2D eigenvalue weighted by atomic mass is 32.2. The maximum absolute atomic E-state index is 13.2. The zero-order valence-corrected chi connectivity index (χ0v) is 11.2. The summed E-state index contributed by atoms with van der Waals surface area (Å²) in [6, 6.07) is 3.40. The summed E-state index contributed by atoms with van der Waals surface area (Å²) in [7, 11) is -3.71. The van der Waals surface area contributed by atoms with Crippen LogP contribution in [0.1, 0.15) is 12.8 Å². The van der Waals surface area contributed by atoms with E-state index in [1.807, 2.05) is 0 Å². The van der Waals surface area contributed by atoms with Crippen molar-refractivity contribution in [3.05, 3.63) is 24.0 Å². The maximum atomic E-state index is 13.2. The molecule has 0 aromatic heterocycles. The van der Waals surface area contributed by atoms with Crippen molar-refractivity contribution in [2.24, 2.45) is 5.92 Å². The molecule has 1 saturated carbocycles. The van der Waals surface area contributed by atoms with Crippen molar-refractivity contribution in [1.29, 1.82) is 0 Å². The van der Waals surface area contributed by atoms with E-state index in [1.165, 1.54) is 25.0 Å². The van der Waals surface area contributed by atoms with E-state index < -0.39 is 15.8 Å². The molecule has 1 fully saturated rings. The smallest absolute Gasteiger partial charge is 0.240 e. The molecule has 0 amide bonds. The van der Waals surface area contributed by atoms with E-state index in [-0.39, 0.29) is 17.1 Å². The fourth-order valence-corrected chi connectivity index (χ4v) is 2.57. The Morgan fingerprint density at radius 1 is 1.42 bits per heavy atom. The van der Waals surface area contributed by atoms with Crippen molar-refractivity contribution in [2.75, 3.05) is 25.5 Å². The van der Waals surface area contributed by atoms with E-state index in [0.29, 0.717) is 19.1 Å². The van der Waals surface area contributed by atoms with Crippen LogP contribution in [0.3, 0.4) is 0 Å². The van der Waals surface area contributed by atoms with Crippen molar-refractivity contribution in [2.45, 2.75) is 17.7 Å². The van der Waals surface area contributed by atoms with E-state index in [9.17, 15) is 12.8 Å². The molecule has 5 nitrogen and oxygen atoms in total. The normalized spacial score (nSPS) is 15.6. The first-order valence-electron chi connectivity index (χ1n) is 6.11.